The fourth-order valence-electron chi connectivity index (χ4n) is 4.41. The Morgan fingerprint density at radius 3 is 2.64 bits per heavy atom. The molecule has 176 valence electrons. The molecule has 0 radical (unpaired) electrons. The number of hydrogen-bond donors (Lipinski definition) is 2. The highest BCUT2D eigenvalue weighted by Gasteiger charge is 2.25. The van der Waals surface area contributed by atoms with E-state index in [1.165, 1.54) is 30.0 Å². The smallest absolute Gasteiger partial charge is 0.255 e. The van der Waals surface area contributed by atoms with Gasteiger partial charge in [-0.25, -0.2) is 9.19 Å². The highest BCUT2D eigenvalue weighted by molar-refractivity contribution is 14.1. The first kappa shape index (κ1) is 24.3. The first-order valence-corrected chi connectivity index (χ1v) is 13.3. The average molecular weight is 581 g/mol. The number of aryl methyl sites for hydroxylation is 1. The molecule has 2 N–H and O–H groups in total. The third-order valence-electron chi connectivity index (χ3n) is 6.29. The van der Waals surface area contributed by atoms with Crippen molar-refractivity contribution in [3.8, 4) is 11.3 Å². The Labute approximate surface area is 209 Å². The molecule has 1 saturated carbocycles. The van der Waals surface area contributed by atoms with E-state index < -0.39 is 11.3 Å². The van der Waals surface area contributed by atoms with E-state index >= 15 is 0 Å². The summed E-state index contributed by atoms with van der Waals surface area (Å²) in [7, 11) is 1.59. The molecular formula is C24H28IN3O4S. The van der Waals surface area contributed by atoms with Crippen molar-refractivity contribution in [2.75, 3.05) is 13.6 Å². The Bertz CT molecular complexity index is 1170. The highest BCUT2D eigenvalue weighted by Crippen LogP contribution is 2.35. The van der Waals surface area contributed by atoms with Crippen LogP contribution in [0.1, 0.15) is 53.7 Å². The second-order valence-electron chi connectivity index (χ2n) is 8.55. The molecule has 9 heteroatoms. The summed E-state index contributed by atoms with van der Waals surface area (Å²) in [6.07, 6.45) is 5.80. The van der Waals surface area contributed by atoms with Crippen molar-refractivity contribution in [2.45, 2.75) is 45.6 Å². The minimum absolute atomic E-state index is 0.236. The maximum absolute atomic E-state index is 12.7. The van der Waals surface area contributed by atoms with Crippen LogP contribution in [0.15, 0.2) is 34.7 Å². The predicted octanol–water partition coefficient (Wildman–Crippen LogP) is 5.29. The van der Waals surface area contributed by atoms with Crippen LogP contribution in [0.3, 0.4) is 0 Å². The van der Waals surface area contributed by atoms with Gasteiger partial charge in [-0.1, -0.05) is 55.5 Å². The number of furan rings is 1. The van der Waals surface area contributed by atoms with Gasteiger partial charge in [-0.3, -0.25) is 9.35 Å². The molecule has 1 aromatic carbocycles. The van der Waals surface area contributed by atoms with Crippen LogP contribution in [0.5, 0.6) is 0 Å². The van der Waals surface area contributed by atoms with Crippen molar-refractivity contribution in [1.29, 1.82) is 0 Å². The monoisotopic (exact) mass is 581 g/mol. The lowest BCUT2D eigenvalue weighted by Gasteiger charge is -2.19. The normalized spacial score (nSPS) is 15.4. The van der Waals surface area contributed by atoms with Gasteiger partial charge in [-0.05, 0) is 47.9 Å². The number of aromatic nitrogens is 1. The number of nitrogens with one attached hydrogen (secondary N) is 1. The molecule has 2 heterocycles. The summed E-state index contributed by atoms with van der Waals surface area (Å²) < 4.78 is 30.3. The summed E-state index contributed by atoms with van der Waals surface area (Å²) in [6, 6.07) is 9.66. The van der Waals surface area contributed by atoms with Gasteiger partial charge < -0.3 is 9.73 Å². The van der Waals surface area contributed by atoms with Gasteiger partial charge in [0.15, 0.2) is 0 Å². The molecule has 1 fully saturated rings. The number of halogens is 1. The van der Waals surface area contributed by atoms with Gasteiger partial charge in [0.05, 0.1) is 23.2 Å². The first-order valence-electron chi connectivity index (χ1n) is 11.1. The molecule has 4 rings (SSSR count). The number of carbonyl (C=O) groups excluding carboxylic acids is 1. The van der Waals surface area contributed by atoms with Crippen molar-refractivity contribution in [1.82, 2.24) is 14.6 Å². The van der Waals surface area contributed by atoms with Crippen LogP contribution in [0.2, 0.25) is 0 Å². The van der Waals surface area contributed by atoms with Crippen LogP contribution in [0.4, 0.5) is 0 Å². The third-order valence-corrected chi connectivity index (χ3v) is 7.97. The minimum atomic E-state index is -2.09. The Kier molecular flexibility index (Phi) is 7.83. The van der Waals surface area contributed by atoms with Crippen molar-refractivity contribution in [3.63, 3.8) is 0 Å². The summed E-state index contributed by atoms with van der Waals surface area (Å²) in [5, 5.41) is 3.32. The standard InChI is InChI=1S/C24H28IN3O4S/c1-15-7-9-17(10-8-15)22-21(23(29)26-2)18-13-19(25)20(27-24(18)32-22)14-28(33(30)31)12-11-16-5-3-4-6-16/h7-10,13,16H,3-6,11-12,14H2,1-2H3,(H,26,29)(H,30,31). The van der Waals surface area contributed by atoms with E-state index in [2.05, 4.69) is 32.9 Å². The Balaban J connectivity index is 1.68. The Morgan fingerprint density at radius 1 is 1.30 bits per heavy atom. The number of pyridine rings is 1. The van der Waals surface area contributed by atoms with E-state index in [0.717, 1.165) is 21.1 Å². The van der Waals surface area contributed by atoms with E-state index in [1.54, 1.807) is 7.05 Å². The van der Waals surface area contributed by atoms with Crippen LogP contribution >= 0.6 is 22.6 Å². The molecule has 1 atom stereocenters. The number of benzene rings is 1. The van der Waals surface area contributed by atoms with Crippen molar-refractivity contribution < 1.29 is 18.0 Å². The summed E-state index contributed by atoms with van der Waals surface area (Å²) in [6.45, 7) is 2.78. The van der Waals surface area contributed by atoms with E-state index in [1.807, 2.05) is 37.3 Å². The van der Waals surface area contributed by atoms with Crippen molar-refractivity contribution in [2.24, 2.45) is 5.92 Å². The largest absolute Gasteiger partial charge is 0.437 e. The lowest BCUT2D eigenvalue weighted by Crippen LogP contribution is -2.28. The van der Waals surface area contributed by atoms with E-state index in [0.29, 0.717) is 40.6 Å². The zero-order chi connectivity index (χ0) is 23.5. The number of rotatable bonds is 8. The summed E-state index contributed by atoms with van der Waals surface area (Å²) in [5.41, 5.74) is 3.35. The molecule has 0 bridgehead atoms. The molecule has 3 aromatic rings. The maximum atomic E-state index is 12.7. The highest BCUT2D eigenvalue weighted by atomic mass is 127. The fraction of sp³-hybridized carbons (Fsp3) is 0.417. The lowest BCUT2D eigenvalue weighted by atomic mass is 10.0. The lowest BCUT2D eigenvalue weighted by molar-refractivity contribution is 0.0964. The van der Waals surface area contributed by atoms with Gasteiger partial charge in [0.1, 0.15) is 5.76 Å². The first-order chi connectivity index (χ1) is 15.9. The molecule has 2 aromatic heterocycles. The second kappa shape index (κ2) is 10.6. The van der Waals surface area contributed by atoms with Gasteiger partial charge >= 0.3 is 0 Å². The average Bonchev–Trinajstić information content (AvgIpc) is 3.44. The quantitative estimate of drug-likeness (QED) is 0.279. The Morgan fingerprint density at radius 2 is 2.00 bits per heavy atom. The van der Waals surface area contributed by atoms with Crippen LogP contribution in [-0.4, -0.2) is 37.6 Å². The number of fused-ring (bicyclic) bond motifs is 1. The van der Waals surface area contributed by atoms with Crippen molar-refractivity contribution in [3.05, 3.63) is 50.7 Å². The number of carbonyl (C=O) groups is 1. The summed E-state index contributed by atoms with van der Waals surface area (Å²) in [5.74, 6) is 0.848. The topological polar surface area (TPSA) is 95.7 Å². The molecule has 33 heavy (non-hydrogen) atoms. The zero-order valence-corrected chi connectivity index (χ0v) is 21.7. The van der Waals surface area contributed by atoms with Crippen LogP contribution in [-0.2, 0) is 17.8 Å². The Hall–Kier alpha value is -1.82. The number of amides is 1. The van der Waals surface area contributed by atoms with Crippen LogP contribution in [0, 0.1) is 16.4 Å². The number of nitrogens with zero attached hydrogens (tertiary/aromatic N) is 2. The van der Waals surface area contributed by atoms with Gasteiger partial charge in [0.2, 0.25) is 17.0 Å². The van der Waals surface area contributed by atoms with Crippen LogP contribution in [0.25, 0.3) is 22.4 Å². The SMILES string of the molecule is CNC(=O)c1c(-c2ccc(C)cc2)oc2nc(CN(CCC3CCCC3)S(=O)O)c(I)cc12. The molecule has 1 amide bonds. The molecule has 0 saturated heterocycles. The maximum Gasteiger partial charge on any atom is 0.255 e. The fourth-order valence-corrected chi connectivity index (χ4v) is 5.51. The molecule has 1 aliphatic carbocycles. The second-order valence-corrected chi connectivity index (χ2v) is 10.7. The molecule has 1 aliphatic rings. The summed E-state index contributed by atoms with van der Waals surface area (Å²) in [4.78, 5) is 17.4. The molecule has 1 unspecified atom stereocenters. The van der Waals surface area contributed by atoms with Gasteiger partial charge in [0, 0.05) is 22.7 Å². The minimum Gasteiger partial charge on any atom is -0.437 e. The molecule has 0 spiro atoms. The van der Waals surface area contributed by atoms with Crippen molar-refractivity contribution >= 4 is 50.9 Å². The van der Waals surface area contributed by atoms with Gasteiger partial charge in [-0.2, -0.15) is 4.31 Å². The predicted molar refractivity (Wildman–Crippen MR) is 138 cm³/mol. The van der Waals surface area contributed by atoms with Crippen LogP contribution < -0.4 is 5.32 Å². The van der Waals surface area contributed by atoms with E-state index in [4.69, 9.17) is 4.42 Å². The molecule has 7 nitrogen and oxygen atoms in total. The number of hydrogen-bond acceptors (Lipinski definition) is 4. The molecular weight excluding hydrogens is 553 g/mol. The third kappa shape index (κ3) is 5.47. The van der Waals surface area contributed by atoms with E-state index in [-0.39, 0.29) is 12.5 Å². The van der Waals surface area contributed by atoms with Gasteiger partial charge in [-0.15, -0.1) is 0 Å². The van der Waals surface area contributed by atoms with Gasteiger partial charge in [0.25, 0.3) is 5.91 Å². The zero-order valence-electron chi connectivity index (χ0n) is 18.8. The molecule has 0 aliphatic heterocycles. The van der Waals surface area contributed by atoms with E-state index in [9.17, 15) is 13.6 Å². The summed E-state index contributed by atoms with van der Waals surface area (Å²) >= 11 is 0.0786.